The zero-order chi connectivity index (χ0) is 22.5. The molecule has 0 saturated heterocycles. The molecular formula is C26H32N2O3S. The van der Waals surface area contributed by atoms with Crippen LogP contribution >= 0.6 is 0 Å². The van der Waals surface area contributed by atoms with E-state index in [1.165, 1.54) is 51.1 Å². The van der Waals surface area contributed by atoms with Crippen molar-refractivity contribution in [2.75, 3.05) is 18.9 Å². The van der Waals surface area contributed by atoms with Gasteiger partial charge in [0.1, 0.15) is 0 Å². The molecule has 2 aromatic carbocycles. The lowest BCUT2D eigenvalue weighted by atomic mass is 9.48. The summed E-state index contributed by atoms with van der Waals surface area (Å²) in [7, 11) is -2.27. The van der Waals surface area contributed by atoms with Gasteiger partial charge in [0.15, 0.2) is 0 Å². The lowest BCUT2D eigenvalue weighted by molar-refractivity contribution is -0.116. The quantitative estimate of drug-likeness (QED) is 0.690. The number of anilines is 1. The number of hydrogen-bond acceptors (Lipinski definition) is 3. The molecule has 5 nitrogen and oxygen atoms in total. The number of nitrogens with one attached hydrogen (secondary N) is 1. The highest BCUT2D eigenvalue weighted by Crippen LogP contribution is 2.60. The van der Waals surface area contributed by atoms with E-state index >= 15 is 0 Å². The van der Waals surface area contributed by atoms with Crippen LogP contribution in [0.4, 0.5) is 5.69 Å². The van der Waals surface area contributed by atoms with Crippen LogP contribution in [0.15, 0.2) is 53.4 Å². The largest absolute Gasteiger partial charge is 0.325 e. The number of aryl methyl sites for hydroxylation is 1. The topological polar surface area (TPSA) is 66.5 Å². The third-order valence-electron chi connectivity index (χ3n) is 7.91. The van der Waals surface area contributed by atoms with Crippen LogP contribution in [0.2, 0.25) is 0 Å². The lowest BCUT2D eigenvalue weighted by Crippen LogP contribution is -2.48. The summed E-state index contributed by atoms with van der Waals surface area (Å²) in [6, 6.07) is 15.0. The van der Waals surface area contributed by atoms with E-state index in [2.05, 4.69) is 17.4 Å². The van der Waals surface area contributed by atoms with E-state index in [0.717, 1.165) is 27.6 Å². The molecule has 6 heteroatoms. The van der Waals surface area contributed by atoms with Gasteiger partial charge >= 0.3 is 0 Å². The second-order valence-electron chi connectivity index (χ2n) is 10.4. The van der Waals surface area contributed by atoms with Crippen molar-refractivity contribution in [2.24, 2.45) is 17.8 Å². The maximum atomic E-state index is 12.7. The number of benzene rings is 2. The van der Waals surface area contributed by atoms with E-state index in [-0.39, 0.29) is 17.3 Å². The van der Waals surface area contributed by atoms with Crippen molar-refractivity contribution >= 4 is 21.6 Å². The first-order valence-electron chi connectivity index (χ1n) is 11.7. The molecule has 4 aliphatic carbocycles. The summed E-state index contributed by atoms with van der Waals surface area (Å²) in [5, 5.41) is 2.86. The molecule has 2 aromatic rings. The monoisotopic (exact) mass is 452 g/mol. The highest BCUT2D eigenvalue weighted by atomic mass is 32.2. The molecule has 0 spiro atoms. The Balaban J connectivity index is 1.23. The van der Waals surface area contributed by atoms with Crippen molar-refractivity contribution in [2.45, 2.75) is 55.8 Å². The SMILES string of the molecule is Cc1ccc(S(=O)(=O)N(C)CC(=O)Nc2ccc(C34CC5CC(CC(C5)C3)C4)cc2)cc1. The second kappa shape index (κ2) is 7.99. The van der Waals surface area contributed by atoms with E-state index in [4.69, 9.17) is 0 Å². The van der Waals surface area contributed by atoms with Crippen LogP contribution in [-0.2, 0) is 20.2 Å². The highest BCUT2D eigenvalue weighted by Gasteiger charge is 2.51. The molecule has 0 unspecified atom stereocenters. The molecule has 4 bridgehead atoms. The highest BCUT2D eigenvalue weighted by molar-refractivity contribution is 7.89. The third-order valence-corrected chi connectivity index (χ3v) is 9.73. The zero-order valence-electron chi connectivity index (χ0n) is 18.9. The fourth-order valence-electron chi connectivity index (χ4n) is 6.75. The predicted molar refractivity (Wildman–Crippen MR) is 126 cm³/mol. The normalized spacial score (nSPS) is 28.8. The van der Waals surface area contributed by atoms with E-state index in [9.17, 15) is 13.2 Å². The molecule has 0 radical (unpaired) electrons. The van der Waals surface area contributed by atoms with Gasteiger partial charge in [0.25, 0.3) is 0 Å². The van der Waals surface area contributed by atoms with Crippen molar-refractivity contribution < 1.29 is 13.2 Å². The van der Waals surface area contributed by atoms with E-state index in [1.54, 1.807) is 24.3 Å². The summed E-state index contributed by atoms with van der Waals surface area (Å²) in [5.41, 5.74) is 3.44. The van der Waals surface area contributed by atoms with Crippen molar-refractivity contribution in [1.29, 1.82) is 0 Å². The Kier molecular flexibility index (Phi) is 5.41. The summed E-state index contributed by atoms with van der Waals surface area (Å²) < 4.78 is 26.5. The number of likely N-dealkylation sites (N-methyl/N-ethyl adjacent to an activating group) is 1. The summed E-state index contributed by atoms with van der Waals surface area (Å²) in [5.74, 6) is 2.34. The smallest absolute Gasteiger partial charge is 0.243 e. The van der Waals surface area contributed by atoms with Crippen LogP contribution in [0, 0.1) is 24.7 Å². The van der Waals surface area contributed by atoms with Crippen LogP contribution in [0.1, 0.15) is 49.7 Å². The fourth-order valence-corrected chi connectivity index (χ4v) is 7.88. The molecule has 1 amide bonds. The Morgan fingerprint density at radius 2 is 1.47 bits per heavy atom. The van der Waals surface area contributed by atoms with Crippen LogP contribution in [0.3, 0.4) is 0 Å². The summed E-state index contributed by atoms with van der Waals surface area (Å²) in [4.78, 5) is 12.7. The van der Waals surface area contributed by atoms with Crippen LogP contribution in [-0.4, -0.2) is 32.2 Å². The summed E-state index contributed by atoms with van der Waals surface area (Å²) >= 11 is 0. The summed E-state index contributed by atoms with van der Waals surface area (Å²) in [6.45, 7) is 1.68. The molecule has 4 fully saturated rings. The molecule has 170 valence electrons. The van der Waals surface area contributed by atoms with Crippen LogP contribution in [0.5, 0.6) is 0 Å². The maximum absolute atomic E-state index is 12.7. The lowest BCUT2D eigenvalue weighted by Gasteiger charge is -2.57. The molecule has 0 aromatic heterocycles. The average molecular weight is 453 g/mol. The van der Waals surface area contributed by atoms with Gasteiger partial charge in [-0.05, 0) is 98.4 Å². The Morgan fingerprint density at radius 1 is 0.938 bits per heavy atom. The van der Waals surface area contributed by atoms with Gasteiger partial charge in [0.2, 0.25) is 15.9 Å². The zero-order valence-corrected chi connectivity index (χ0v) is 19.7. The molecule has 0 aliphatic heterocycles. The number of nitrogens with zero attached hydrogens (tertiary/aromatic N) is 1. The van der Waals surface area contributed by atoms with Gasteiger partial charge in [0, 0.05) is 12.7 Å². The number of sulfonamides is 1. The molecule has 4 saturated carbocycles. The van der Waals surface area contributed by atoms with Gasteiger partial charge < -0.3 is 5.32 Å². The van der Waals surface area contributed by atoms with Gasteiger partial charge in [-0.1, -0.05) is 29.8 Å². The van der Waals surface area contributed by atoms with Crippen LogP contribution < -0.4 is 5.32 Å². The van der Waals surface area contributed by atoms with Gasteiger partial charge in [-0.25, -0.2) is 8.42 Å². The van der Waals surface area contributed by atoms with Gasteiger partial charge in [-0.3, -0.25) is 4.79 Å². The Labute approximate surface area is 191 Å². The minimum atomic E-state index is -3.70. The molecule has 0 atom stereocenters. The molecule has 32 heavy (non-hydrogen) atoms. The van der Waals surface area contributed by atoms with Gasteiger partial charge in [-0.15, -0.1) is 0 Å². The number of rotatable bonds is 6. The average Bonchev–Trinajstić information content (AvgIpc) is 2.73. The van der Waals surface area contributed by atoms with E-state index < -0.39 is 10.0 Å². The Bertz CT molecular complexity index is 1070. The minimum absolute atomic E-state index is 0.193. The molecule has 1 N–H and O–H groups in total. The van der Waals surface area contributed by atoms with Crippen molar-refractivity contribution in [3.05, 3.63) is 59.7 Å². The third kappa shape index (κ3) is 3.99. The Hall–Kier alpha value is -2.18. The first-order chi connectivity index (χ1) is 15.2. The summed E-state index contributed by atoms with van der Waals surface area (Å²) in [6.07, 6.45) is 8.20. The number of carbonyl (C=O) groups excluding carboxylic acids is 1. The van der Waals surface area contributed by atoms with Crippen molar-refractivity contribution in [1.82, 2.24) is 4.31 Å². The minimum Gasteiger partial charge on any atom is -0.325 e. The van der Waals surface area contributed by atoms with Crippen molar-refractivity contribution in [3.63, 3.8) is 0 Å². The van der Waals surface area contributed by atoms with Crippen molar-refractivity contribution in [3.8, 4) is 0 Å². The molecule has 0 heterocycles. The molecule has 4 aliphatic rings. The molecular weight excluding hydrogens is 420 g/mol. The fraction of sp³-hybridized carbons (Fsp3) is 0.500. The first kappa shape index (κ1) is 21.7. The number of amides is 1. The Morgan fingerprint density at radius 3 is 2.00 bits per heavy atom. The first-order valence-corrected chi connectivity index (χ1v) is 13.1. The number of hydrogen-bond donors (Lipinski definition) is 1. The second-order valence-corrected chi connectivity index (χ2v) is 12.4. The molecule has 6 rings (SSSR count). The van der Waals surface area contributed by atoms with E-state index in [1.807, 2.05) is 19.1 Å². The predicted octanol–water partition coefficient (Wildman–Crippen LogP) is 4.72. The van der Waals surface area contributed by atoms with Gasteiger partial charge in [-0.2, -0.15) is 4.31 Å². The van der Waals surface area contributed by atoms with Crippen LogP contribution in [0.25, 0.3) is 0 Å². The maximum Gasteiger partial charge on any atom is 0.243 e. The number of carbonyl (C=O) groups is 1. The van der Waals surface area contributed by atoms with Gasteiger partial charge in [0.05, 0.1) is 11.4 Å². The van der Waals surface area contributed by atoms with E-state index in [0.29, 0.717) is 11.1 Å². The standard InChI is InChI=1S/C26H32N2O3S/c1-18-3-9-24(10-4-18)32(30,31)28(2)17-25(29)27-23-7-5-22(6-8-23)26-14-19-11-20(15-26)13-21(12-19)16-26/h3-10,19-21H,11-17H2,1-2H3,(H,27,29).